The zero-order chi connectivity index (χ0) is 16.0. The molecule has 1 saturated heterocycles. The van der Waals surface area contributed by atoms with E-state index in [-0.39, 0.29) is 42.8 Å². The van der Waals surface area contributed by atoms with Crippen LogP contribution in [0.5, 0.6) is 0 Å². The summed E-state index contributed by atoms with van der Waals surface area (Å²) in [5, 5.41) is 12.3. The lowest BCUT2D eigenvalue weighted by Gasteiger charge is -2.34. The minimum atomic E-state index is -0.840. The second kappa shape index (κ2) is 11.7. The van der Waals surface area contributed by atoms with Crippen LogP contribution in [0, 0.1) is 5.92 Å². The number of carbonyl (C=O) groups excluding carboxylic acids is 1. The van der Waals surface area contributed by atoms with Crippen molar-refractivity contribution in [1.82, 2.24) is 15.1 Å². The number of likely N-dealkylation sites (N-methyl/N-ethyl adjacent to an activating group) is 1. The van der Waals surface area contributed by atoms with Gasteiger partial charge in [0.1, 0.15) is 6.04 Å². The van der Waals surface area contributed by atoms with Gasteiger partial charge >= 0.3 is 5.97 Å². The van der Waals surface area contributed by atoms with Gasteiger partial charge in [0.15, 0.2) is 0 Å². The molecule has 0 bridgehead atoms. The first-order chi connectivity index (χ1) is 9.88. The highest BCUT2D eigenvalue weighted by atomic mass is 35.5. The number of carboxylic acid groups (broad SMARTS) is 1. The second-order valence-corrected chi connectivity index (χ2v) is 5.76. The van der Waals surface area contributed by atoms with Crippen molar-refractivity contribution in [3.8, 4) is 0 Å². The Labute approximate surface area is 151 Å². The SMILES string of the molecule is C=CC1CC(C(=O)O)N(C(CN(C)CCC)NC(C)=O)C1.Cl.Cl. The zero-order valence-electron chi connectivity index (χ0n) is 14.0. The minimum Gasteiger partial charge on any atom is -0.480 e. The van der Waals surface area contributed by atoms with Gasteiger partial charge in [-0.25, -0.2) is 0 Å². The maximum atomic E-state index is 11.5. The van der Waals surface area contributed by atoms with Crippen molar-refractivity contribution in [3.05, 3.63) is 12.7 Å². The Hall–Kier alpha value is -0.820. The third-order valence-electron chi connectivity index (χ3n) is 3.85. The van der Waals surface area contributed by atoms with E-state index in [0.29, 0.717) is 19.5 Å². The molecule has 1 rings (SSSR count). The fourth-order valence-corrected chi connectivity index (χ4v) is 2.89. The number of hydrogen-bond acceptors (Lipinski definition) is 4. The molecule has 0 aliphatic carbocycles. The van der Waals surface area contributed by atoms with E-state index in [2.05, 4.69) is 23.7 Å². The summed E-state index contributed by atoms with van der Waals surface area (Å²) in [6.45, 7) is 9.45. The number of nitrogens with zero attached hydrogens (tertiary/aromatic N) is 2. The van der Waals surface area contributed by atoms with Gasteiger partial charge in [-0.3, -0.25) is 14.5 Å². The Morgan fingerprint density at radius 2 is 2.09 bits per heavy atom. The molecule has 1 aliphatic rings. The fourth-order valence-electron chi connectivity index (χ4n) is 2.89. The summed E-state index contributed by atoms with van der Waals surface area (Å²) in [5.74, 6) is -0.831. The first kappa shape index (κ1) is 24.4. The van der Waals surface area contributed by atoms with Crippen LogP contribution in [0.15, 0.2) is 12.7 Å². The van der Waals surface area contributed by atoms with Crippen LogP contribution in [0.3, 0.4) is 0 Å². The Bertz CT molecular complexity index is 396. The number of carboxylic acids is 1. The molecule has 6 nitrogen and oxygen atoms in total. The molecule has 0 aromatic heterocycles. The van der Waals surface area contributed by atoms with Gasteiger partial charge in [0.25, 0.3) is 0 Å². The number of amides is 1. The third-order valence-corrected chi connectivity index (χ3v) is 3.85. The van der Waals surface area contributed by atoms with Crippen molar-refractivity contribution >= 4 is 36.7 Å². The molecule has 23 heavy (non-hydrogen) atoms. The summed E-state index contributed by atoms with van der Waals surface area (Å²) in [7, 11) is 1.98. The number of aliphatic carboxylic acids is 1. The molecule has 0 saturated carbocycles. The molecule has 0 spiro atoms. The van der Waals surface area contributed by atoms with E-state index in [0.717, 1.165) is 13.0 Å². The lowest BCUT2D eigenvalue weighted by atomic mass is 10.1. The van der Waals surface area contributed by atoms with Crippen molar-refractivity contribution in [3.63, 3.8) is 0 Å². The van der Waals surface area contributed by atoms with Gasteiger partial charge in [-0.2, -0.15) is 0 Å². The van der Waals surface area contributed by atoms with E-state index >= 15 is 0 Å². The molecule has 0 radical (unpaired) electrons. The van der Waals surface area contributed by atoms with E-state index in [1.165, 1.54) is 6.92 Å². The van der Waals surface area contributed by atoms with Crippen LogP contribution in [-0.2, 0) is 9.59 Å². The lowest BCUT2D eigenvalue weighted by Crippen LogP contribution is -2.56. The minimum absolute atomic E-state index is 0. The highest BCUT2D eigenvalue weighted by Crippen LogP contribution is 2.26. The number of carbonyl (C=O) groups is 2. The molecule has 0 aromatic carbocycles. The molecule has 1 aliphatic heterocycles. The van der Waals surface area contributed by atoms with Crippen LogP contribution in [0.1, 0.15) is 26.7 Å². The van der Waals surface area contributed by atoms with Crippen molar-refractivity contribution < 1.29 is 14.7 Å². The summed E-state index contributed by atoms with van der Waals surface area (Å²) in [6, 6.07) is -0.570. The monoisotopic (exact) mass is 369 g/mol. The standard InChI is InChI=1S/C15H27N3O3.2ClH/c1-5-7-17(4)10-14(16-11(3)19)18-9-12(6-2)8-13(18)15(20)21;;/h6,12-14H,2,5,7-10H2,1,3-4H3,(H,16,19)(H,20,21);2*1H. The fraction of sp³-hybridized carbons (Fsp3) is 0.733. The number of halogens is 2. The Morgan fingerprint density at radius 3 is 2.52 bits per heavy atom. The van der Waals surface area contributed by atoms with Crippen LogP contribution >= 0.6 is 24.8 Å². The molecule has 1 heterocycles. The van der Waals surface area contributed by atoms with Crippen molar-refractivity contribution in [2.24, 2.45) is 5.92 Å². The van der Waals surface area contributed by atoms with Gasteiger partial charge in [0.05, 0.1) is 6.17 Å². The summed E-state index contributed by atoms with van der Waals surface area (Å²) in [5.41, 5.74) is 0. The van der Waals surface area contributed by atoms with Gasteiger partial charge in [0, 0.05) is 20.0 Å². The predicted molar refractivity (Wildman–Crippen MR) is 96.3 cm³/mol. The number of hydrogen-bond donors (Lipinski definition) is 2. The quantitative estimate of drug-likeness (QED) is 0.635. The van der Waals surface area contributed by atoms with E-state index in [1.807, 2.05) is 11.9 Å². The van der Waals surface area contributed by atoms with Crippen LogP contribution in [-0.4, -0.2) is 65.7 Å². The molecule has 8 heteroatoms. The molecular formula is C15H29Cl2N3O3. The Balaban J connectivity index is 0. The van der Waals surface area contributed by atoms with E-state index in [1.54, 1.807) is 6.08 Å². The normalized spacial score (nSPS) is 21.9. The highest BCUT2D eigenvalue weighted by Gasteiger charge is 2.39. The van der Waals surface area contributed by atoms with E-state index in [4.69, 9.17) is 0 Å². The van der Waals surface area contributed by atoms with Gasteiger partial charge in [-0.05, 0) is 32.4 Å². The summed E-state index contributed by atoms with van der Waals surface area (Å²) in [4.78, 5) is 26.9. The summed E-state index contributed by atoms with van der Waals surface area (Å²) in [6.07, 6.45) is 3.08. The molecule has 0 aromatic rings. The Morgan fingerprint density at radius 1 is 1.48 bits per heavy atom. The number of likely N-dealkylation sites (tertiary alicyclic amines) is 1. The number of rotatable bonds is 8. The zero-order valence-corrected chi connectivity index (χ0v) is 15.7. The van der Waals surface area contributed by atoms with Crippen molar-refractivity contribution in [1.29, 1.82) is 0 Å². The topological polar surface area (TPSA) is 72.9 Å². The van der Waals surface area contributed by atoms with Crippen LogP contribution < -0.4 is 5.32 Å². The van der Waals surface area contributed by atoms with Crippen molar-refractivity contribution in [2.75, 3.05) is 26.7 Å². The molecule has 3 atom stereocenters. The number of nitrogens with one attached hydrogen (secondary N) is 1. The molecular weight excluding hydrogens is 341 g/mol. The first-order valence-corrected chi connectivity index (χ1v) is 7.45. The van der Waals surface area contributed by atoms with Gasteiger partial charge in [-0.1, -0.05) is 13.0 Å². The van der Waals surface area contributed by atoms with Gasteiger partial charge in [0.2, 0.25) is 5.91 Å². The average molecular weight is 370 g/mol. The lowest BCUT2D eigenvalue weighted by molar-refractivity contribution is -0.144. The maximum absolute atomic E-state index is 11.5. The average Bonchev–Trinajstić information content (AvgIpc) is 2.82. The summed E-state index contributed by atoms with van der Waals surface area (Å²) >= 11 is 0. The molecule has 3 unspecified atom stereocenters. The smallest absolute Gasteiger partial charge is 0.321 e. The first-order valence-electron chi connectivity index (χ1n) is 7.45. The van der Waals surface area contributed by atoms with Crippen molar-refractivity contribution in [2.45, 2.75) is 38.9 Å². The summed E-state index contributed by atoms with van der Waals surface area (Å²) < 4.78 is 0. The van der Waals surface area contributed by atoms with E-state index in [9.17, 15) is 14.7 Å². The predicted octanol–water partition coefficient (Wildman–Crippen LogP) is 1.60. The highest BCUT2D eigenvalue weighted by molar-refractivity contribution is 5.85. The van der Waals surface area contributed by atoms with Crippen LogP contribution in [0.25, 0.3) is 0 Å². The molecule has 2 N–H and O–H groups in total. The Kier molecular flexibility index (Phi) is 12.4. The maximum Gasteiger partial charge on any atom is 0.321 e. The van der Waals surface area contributed by atoms with Crippen LogP contribution in [0.4, 0.5) is 0 Å². The largest absolute Gasteiger partial charge is 0.480 e. The second-order valence-electron chi connectivity index (χ2n) is 5.76. The van der Waals surface area contributed by atoms with Gasteiger partial charge in [-0.15, -0.1) is 31.4 Å². The molecule has 136 valence electrons. The third kappa shape index (κ3) is 7.52. The van der Waals surface area contributed by atoms with Crippen LogP contribution in [0.2, 0.25) is 0 Å². The van der Waals surface area contributed by atoms with E-state index < -0.39 is 12.0 Å². The molecule has 1 fully saturated rings. The van der Waals surface area contributed by atoms with Gasteiger partial charge < -0.3 is 15.3 Å². The molecule has 1 amide bonds.